The number of aliphatic hydroxyl groups excluding tert-OH is 1. The number of guanidine groups is 1. The van der Waals surface area contributed by atoms with E-state index in [0.717, 1.165) is 0 Å². The van der Waals surface area contributed by atoms with E-state index in [1.54, 1.807) is 35.0 Å². The van der Waals surface area contributed by atoms with E-state index in [9.17, 15) is 9.90 Å². The van der Waals surface area contributed by atoms with Crippen LogP contribution in [0.3, 0.4) is 0 Å². The number of hydrogen-bond acceptors (Lipinski definition) is 3. The third-order valence-electron chi connectivity index (χ3n) is 2.78. The van der Waals surface area contributed by atoms with Crippen molar-refractivity contribution in [1.29, 1.82) is 5.26 Å². The average Bonchev–Trinajstić information content (AvgIpc) is 2.94. The van der Waals surface area contributed by atoms with Crippen molar-refractivity contribution in [2.24, 2.45) is 16.5 Å². The van der Waals surface area contributed by atoms with Gasteiger partial charge in [-0.2, -0.15) is 10.3 Å². The Balaban J connectivity index is 2.56. The van der Waals surface area contributed by atoms with Crippen molar-refractivity contribution >= 4 is 11.9 Å². The molecular formula is C14H13N5O2. The van der Waals surface area contributed by atoms with Crippen LogP contribution in [0.15, 0.2) is 41.5 Å². The van der Waals surface area contributed by atoms with Crippen molar-refractivity contribution < 1.29 is 9.90 Å². The minimum atomic E-state index is -0.614. The molecule has 1 aromatic heterocycles. The predicted molar refractivity (Wildman–Crippen MR) is 76.5 cm³/mol. The summed E-state index contributed by atoms with van der Waals surface area (Å²) in [6.45, 7) is -0.251. The van der Waals surface area contributed by atoms with Crippen molar-refractivity contribution in [3.05, 3.63) is 53.3 Å². The van der Waals surface area contributed by atoms with E-state index < -0.39 is 5.91 Å². The summed E-state index contributed by atoms with van der Waals surface area (Å²) >= 11 is 0. The van der Waals surface area contributed by atoms with Crippen LogP contribution in [0.25, 0.3) is 5.69 Å². The number of amides is 1. The number of aliphatic hydroxyl groups is 1. The number of benzene rings is 1. The lowest BCUT2D eigenvalue weighted by molar-refractivity contribution is 0.100. The van der Waals surface area contributed by atoms with Crippen LogP contribution < -0.4 is 11.5 Å². The van der Waals surface area contributed by atoms with Gasteiger partial charge in [-0.25, -0.2) is 0 Å². The molecule has 0 radical (unpaired) electrons. The number of nitrogens with zero attached hydrogens (tertiary/aromatic N) is 3. The Bertz CT molecular complexity index is 751. The summed E-state index contributed by atoms with van der Waals surface area (Å²) in [4.78, 5) is 15.4. The Morgan fingerprint density at radius 2 is 2.14 bits per heavy atom. The second-order valence-corrected chi connectivity index (χ2v) is 4.26. The van der Waals surface area contributed by atoms with Gasteiger partial charge in [0.05, 0.1) is 6.61 Å². The monoisotopic (exact) mass is 283 g/mol. The molecule has 0 fully saturated rings. The Morgan fingerprint density at radius 3 is 2.76 bits per heavy atom. The number of hydrogen-bond donors (Lipinski definition) is 3. The molecule has 106 valence electrons. The fourth-order valence-electron chi connectivity index (χ4n) is 1.91. The lowest BCUT2D eigenvalue weighted by Gasteiger charge is -2.09. The van der Waals surface area contributed by atoms with Gasteiger partial charge < -0.3 is 21.1 Å². The van der Waals surface area contributed by atoms with E-state index in [0.29, 0.717) is 16.9 Å². The highest BCUT2D eigenvalue weighted by Gasteiger charge is 2.11. The van der Waals surface area contributed by atoms with E-state index in [1.807, 2.05) is 6.07 Å². The molecule has 0 spiro atoms. The molecule has 1 heterocycles. The number of nitriles is 1. The molecule has 2 rings (SSSR count). The summed E-state index contributed by atoms with van der Waals surface area (Å²) < 4.78 is 1.60. The highest BCUT2D eigenvalue weighted by Crippen LogP contribution is 2.18. The minimum Gasteiger partial charge on any atom is -0.392 e. The molecule has 7 nitrogen and oxygen atoms in total. The molecule has 0 saturated carbocycles. The Labute approximate surface area is 120 Å². The fraction of sp³-hybridized carbons (Fsp3) is 0.0714. The zero-order valence-electron chi connectivity index (χ0n) is 11.0. The van der Waals surface area contributed by atoms with Crippen molar-refractivity contribution in [2.75, 3.05) is 0 Å². The van der Waals surface area contributed by atoms with Gasteiger partial charge in [-0.1, -0.05) is 0 Å². The van der Waals surface area contributed by atoms with Crippen molar-refractivity contribution in [3.8, 4) is 11.8 Å². The van der Waals surface area contributed by atoms with Crippen LogP contribution in [0.1, 0.15) is 21.6 Å². The van der Waals surface area contributed by atoms with Crippen LogP contribution in [-0.4, -0.2) is 21.5 Å². The summed E-state index contributed by atoms with van der Waals surface area (Å²) in [7, 11) is 0. The molecule has 0 saturated heterocycles. The van der Waals surface area contributed by atoms with E-state index in [1.165, 1.54) is 6.07 Å². The number of aromatic nitrogens is 1. The molecule has 0 atom stereocenters. The second-order valence-electron chi connectivity index (χ2n) is 4.26. The Morgan fingerprint density at radius 1 is 1.38 bits per heavy atom. The maximum absolute atomic E-state index is 11.9. The first kappa shape index (κ1) is 14.3. The van der Waals surface area contributed by atoms with Crippen molar-refractivity contribution in [2.45, 2.75) is 6.61 Å². The smallest absolute Gasteiger partial charge is 0.280 e. The molecule has 0 unspecified atom stereocenters. The van der Waals surface area contributed by atoms with Crippen LogP contribution in [0.4, 0.5) is 0 Å². The van der Waals surface area contributed by atoms with Gasteiger partial charge in [0.25, 0.3) is 5.91 Å². The maximum atomic E-state index is 11.9. The van der Waals surface area contributed by atoms with Gasteiger partial charge in [0.15, 0.2) is 5.96 Å². The van der Waals surface area contributed by atoms with Crippen LogP contribution in [0.2, 0.25) is 0 Å². The van der Waals surface area contributed by atoms with Crippen LogP contribution >= 0.6 is 0 Å². The van der Waals surface area contributed by atoms with Crippen molar-refractivity contribution in [3.63, 3.8) is 0 Å². The summed E-state index contributed by atoms with van der Waals surface area (Å²) in [6, 6.07) is 10.1. The number of nitrogens with two attached hydrogens (primary N) is 2. The molecule has 21 heavy (non-hydrogen) atoms. The standard InChI is InChI=1S/C14H13N5O2/c15-7-11-2-1-3-19(11)12-5-9(8-20)4-10(6-12)13(21)18-14(16)17/h1-6,20H,8H2,(H4,16,17,18,21). The predicted octanol–water partition coefficient (Wildman–Crippen LogP) is 0.255. The van der Waals surface area contributed by atoms with Crippen LogP contribution in [-0.2, 0) is 6.61 Å². The quantitative estimate of drug-likeness (QED) is 0.549. The minimum absolute atomic E-state index is 0.225. The van der Waals surface area contributed by atoms with Gasteiger partial charge in [0.2, 0.25) is 0 Å². The molecule has 2 aromatic rings. The zero-order chi connectivity index (χ0) is 15.4. The second kappa shape index (κ2) is 5.90. The highest BCUT2D eigenvalue weighted by atomic mass is 16.3. The summed E-state index contributed by atoms with van der Waals surface area (Å²) in [5, 5.41) is 18.4. The third kappa shape index (κ3) is 3.08. The fourth-order valence-corrected chi connectivity index (χ4v) is 1.91. The van der Waals surface area contributed by atoms with E-state index in [2.05, 4.69) is 4.99 Å². The number of rotatable bonds is 3. The lowest BCUT2D eigenvalue weighted by atomic mass is 10.1. The first-order valence-corrected chi connectivity index (χ1v) is 6.01. The first-order chi connectivity index (χ1) is 10.0. The largest absolute Gasteiger partial charge is 0.392 e. The van der Waals surface area contributed by atoms with E-state index >= 15 is 0 Å². The number of carbonyl (C=O) groups is 1. The van der Waals surface area contributed by atoms with Gasteiger partial charge in [0, 0.05) is 17.4 Å². The molecule has 0 aliphatic carbocycles. The molecule has 0 aliphatic rings. The first-order valence-electron chi connectivity index (χ1n) is 6.01. The van der Waals surface area contributed by atoms with Gasteiger partial charge in [-0.15, -0.1) is 0 Å². The van der Waals surface area contributed by atoms with Crippen LogP contribution in [0.5, 0.6) is 0 Å². The molecule has 1 amide bonds. The van der Waals surface area contributed by atoms with Crippen LogP contribution in [0, 0.1) is 11.3 Å². The Hall–Kier alpha value is -3.11. The molecule has 7 heteroatoms. The van der Waals surface area contributed by atoms with Gasteiger partial charge in [-0.05, 0) is 35.9 Å². The average molecular weight is 283 g/mol. The maximum Gasteiger partial charge on any atom is 0.280 e. The molecule has 5 N–H and O–H groups in total. The summed E-state index contributed by atoms with van der Waals surface area (Å²) in [5.74, 6) is -0.952. The van der Waals surface area contributed by atoms with Crippen molar-refractivity contribution in [1.82, 2.24) is 4.57 Å². The summed E-state index contributed by atoms with van der Waals surface area (Å²) in [5.41, 5.74) is 12.1. The van der Waals surface area contributed by atoms with E-state index in [-0.39, 0.29) is 18.1 Å². The molecule has 0 aliphatic heterocycles. The lowest BCUT2D eigenvalue weighted by Crippen LogP contribution is -2.24. The number of aliphatic imine (C=N–C) groups is 1. The van der Waals surface area contributed by atoms with Gasteiger partial charge in [0.1, 0.15) is 11.8 Å². The SMILES string of the molecule is N#Cc1cccn1-c1cc(CO)cc(C(=O)N=C(N)N)c1. The topological polar surface area (TPSA) is 130 Å². The normalized spacial score (nSPS) is 9.90. The Kier molecular flexibility index (Phi) is 4.02. The molecule has 0 bridgehead atoms. The molecule has 1 aromatic carbocycles. The summed E-state index contributed by atoms with van der Waals surface area (Å²) in [6.07, 6.45) is 1.68. The third-order valence-corrected chi connectivity index (χ3v) is 2.78. The van der Waals surface area contributed by atoms with Gasteiger partial charge in [-0.3, -0.25) is 4.79 Å². The molecular weight excluding hydrogens is 270 g/mol. The van der Waals surface area contributed by atoms with E-state index in [4.69, 9.17) is 16.7 Å². The van der Waals surface area contributed by atoms with Gasteiger partial charge >= 0.3 is 0 Å². The zero-order valence-corrected chi connectivity index (χ0v) is 11.0. The number of carbonyl (C=O) groups excluding carboxylic acids is 1. The highest BCUT2D eigenvalue weighted by molar-refractivity contribution is 6.02.